The second kappa shape index (κ2) is 23.0. The molecule has 0 saturated heterocycles. The highest BCUT2D eigenvalue weighted by Gasteiger charge is 2.08. The summed E-state index contributed by atoms with van der Waals surface area (Å²) in [6, 6.07) is 31.4. The first-order valence-corrected chi connectivity index (χ1v) is 20.4. The average Bonchev–Trinajstić information content (AvgIpc) is 3.12. The van der Waals surface area contributed by atoms with Crippen molar-refractivity contribution in [2.45, 2.75) is 155 Å². The molecule has 2 heteroatoms. The Morgan fingerprint density at radius 2 is 0.620 bits per heavy atom. The minimum absolute atomic E-state index is 0.839. The molecule has 0 amide bonds. The molecule has 270 valence electrons. The Morgan fingerprint density at radius 1 is 0.320 bits per heavy atom. The van der Waals surface area contributed by atoms with Crippen LogP contribution in [-0.2, 0) is 38.5 Å². The Kier molecular flexibility index (Phi) is 18.1. The largest absolute Gasteiger partial charge is 0.399 e. The lowest BCUT2D eigenvalue weighted by Gasteiger charge is -2.13. The highest BCUT2D eigenvalue weighted by Crippen LogP contribution is 2.23. The van der Waals surface area contributed by atoms with Gasteiger partial charge in [-0.15, -0.1) is 0 Å². The summed E-state index contributed by atoms with van der Waals surface area (Å²) in [4.78, 5) is 0. The molecule has 4 rings (SSSR count). The molecule has 0 unspecified atom stereocenters. The van der Waals surface area contributed by atoms with E-state index in [1.807, 2.05) is 24.3 Å². The summed E-state index contributed by atoms with van der Waals surface area (Å²) in [5.74, 6) is 0. The molecule has 0 heterocycles. The zero-order chi connectivity index (χ0) is 35.2. The average molecular weight is 673 g/mol. The van der Waals surface area contributed by atoms with Gasteiger partial charge in [0.25, 0.3) is 0 Å². The first-order chi connectivity index (χ1) is 24.5. The van der Waals surface area contributed by atoms with Crippen molar-refractivity contribution in [1.82, 2.24) is 0 Å². The van der Waals surface area contributed by atoms with Gasteiger partial charge in [-0.25, -0.2) is 0 Å². The number of hydrogen-bond donors (Lipinski definition) is 2. The molecule has 50 heavy (non-hydrogen) atoms. The Hall–Kier alpha value is -3.52. The van der Waals surface area contributed by atoms with E-state index in [-0.39, 0.29) is 0 Å². The zero-order valence-corrected chi connectivity index (χ0v) is 31.8. The first-order valence-electron chi connectivity index (χ1n) is 20.4. The van der Waals surface area contributed by atoms with E-state index in [0.717, 1.165) is 24.2 Å². The minimum atomic E-state index is 0.839. The Balaban J connectivity index is 1.16. The van der Waals surface area contributed by atoms with E-state index in [9.17, 15) is 0 Å². The van der Waals surface area contributed by atoms with Crippen LogP contribution < -0.4 is 11.5 Å². The van der Waals surface area contributed by atoms with Gasteiger partial charge in [0.05, 0.1) is 0 Å². The number of aryl methyl sites for hydroxylation is 4. The lowest BCUT2D eigenvalue weighted by Crippen LogP contribution is -1.99. The van der Waals surface area contributed by atoms with Crippen LogP contribution in [0.2, 0.25) is 0 Å². The van der Waals surface area contributed by atoms with Crippen LogP contribution in [0.3, 0.4) is 0 Å². The molecule has 0 saturated carbocycles. The van der Waals surface area contributed by atoms with Crippen LogP contribution in [0.1, 0.15) is 161 Å². The van der Waals surface area contributed by atoms with Crippen LogP contribution in [0.15, 0.2) is 84.9 Å². The van der Waals surface area contributed by atoms with E-state index in [4.69, 9.17) is 11.5 Å². The number of nitrogens with two attached hydrogens (primary N) is 2. The van der Waals surface area contributed by atoms with Crippen molar-refractivity contribution in [2.24, 2.45) is 0 Å². The van der Waals surface area contributed by atoms with Gasteiger partial charge < -0.3 is 11.5 Å². The second-order valence-corrected chi connectivity index (χ2v) is 15.0. The molecule has 2 nitrogen and oxygen atoms in total. The zero-order valence-electron chi connectivity index (χ0n) is 31.8. The van der Waals surface area contributed by atoms with Gasteiger partial charge in [-0.3, -0.25) is 0 Å². The van der Waals surface area contributed by atoms with Crippen molar-refractivity contribution in [1.29, 1.82) is 0 Å². The minimum Gasteiger partial charge on any atom is -0.399 e. The fourth-order valence-electron chi connectivity index (χ4n) is 7.45. The summed E-state index contributed by atoms with van der Waals surface area (Å²) < 4.78 is 0. The molecule has 0 aromatic heterocycles. The summed E-state index contributed by atoms with van der Waals surface area (Å²) in [5, 5.41) is 0. The summed E-state index contributed by atoms with van der Waals surface area (Å²) in [6.07, 6.45) is 28.3. The highest BCUT2D eigenvalue weighted by atomic mass is 14.5. The lowest BCUT2D eigenvalue weighted by atomic mass is 9.92. The second-order valence-electron chi connectivity index (χ2n) is 15.0. The molecular formula is C48H68N2. The van der Waals surface area contributed by atoms with Crippen molar-refractivity contribution in [3.8, 4) is 0 Å². The number of rotatable bonds is 25. The fraction of sp³-hybridized carbons (Fsp3) is 0.500. The van der Waals surface area contributed by atoms with Gasteiger partial charge >= 0.3 is 0 Å². The highest BCUT2D eigenvalue weighted by molar-refractivity contribution is 5.43. The Labute approximate surface area is 306 Å². The molecule has 4 aromatic rings. The standard InChI is InChI=1S/C48H68N2/c1-3-5-7-15-21-45-37-41(35-39-25-31-47(49)32-26-39)23-29-43(45)19-17-13-11-9-10-12-14-18-20-44-30-24-42(36-40-27-33-48(50)34-28-40)38-46(44)22-16-8-6-4-2/h23-34,37-38H,3-22,35-36,49-50H2,1-2H3. The van der Waals surface area contributed by atoms with Gasteiger partial charge in [-0.05, 0) is 133 Å². The Bertz CT molecular complexity index is 1370. The van der Waals surface area contributed by atoms with E-state index in [1.165, 1.54) is 151 Å². The number of anilines is 2. The van der Waals surface area contributed by atoms with E-state index in [1.54, 1.807) is 22.3 Å². The van der Waals surface area contributed by atoms with E-state index >= 15 is 0 Å². The lowest BCUT2D eigenvalue weighted by molar-refractivity contribution is 0.566. The molecule has 0 atom stereocenters. The van der Waals surface area contributed by atoms with Gasteiger partial charge in [0.1, 0.15) is 0 Å². The molecule has 0 radical (unpaired) electrons. The van der Waals surface area contributed by atoms with Crippen LogP contribution in [0, 0.1) is 0 Å². The number of nitrogen functional groups attached to an aromatic ring is 2. The van der Waals surface area contributed by atoms with Gasteiger partial charge in [0, 0.05) is 11.4 Å². The first kappa shape index (κ1) is 39.3. The van der Waals surface area contributed by atoms with Crippen LogP contribution in [0.4, 0.5) is 11.4 Å². The molecule has 4 N–H and O–H groups in total. The molecule has 0 bridgehead atoms. The Morgan fingerprint density at radius 3 is 0.980 bits per heavy atom. The number of hydrogen-bond acceptors (Lipinski definition) is 2. The van der Waals surface area contributed by atoms with Crippen LogP contribution in [-0.4, -0.2) is 0 Å². The molecule has 0 spiro atoms. The van der Waals surface area contributed by atoms with Crippen molar-refractivity contribution < 1.29 is 0 Å². The van der Waals surface area contributed by atoms with Gasteiger partial charge in [-0.2, -0.15) is 0 Å². The topological polar surface area (TPSA) is 52.0 Å². The summed E-state index contributed by atoms with van der Waals surface area (Å²) in [6.45, 7) is 4.60. The molecule has 4 aromatic carbocycles. The van der Waals surface area contributed by atoms with E-state index in [2.05, 4.69) is 74.5 Å². The van der Waals surface area contributed by atoms with Gasteiger partial charge in [-0.1, -0.05) is 152 Å². The van der Waals surface area contributed by atoms with E-state index in [0.29, 0.717) is 0 Å². The third-order valence-electron chi connectivity index (χ3n) is 10.6. The normalized spacial score (nSPS) is 11.3. The van der Waals surface area contributed by atoms with Crippen LogP contribution in [0.25, 0.3) is 0 Å². The summed E-state index contributed by atoms with van der Waals surface area (Å²) in [7, 11) is 0. The number of unbranched alkanes of at least 4 members (excludes halogenated alkanes) is 13. The van der Waals surface area contributed by atoms with E-state index < -0.39 is 0 Å². The molecular weight excluding hydrogens is 605 g/mol. The maximum Gasteiger partial charge on any atom is 0.0314 e. The third-order valence-corrected chi connectivity index (χ3v) is 10.6. The van der Waals surface area contributed by atoms with Crippen molar-refractivity contribution in [3.05, 3.63) is 129 Å². The monoisotopic (exact) mass is 673 g/mol. The summed E-state index contributed by atoms with van der Waals surface area (Å²) in [5.41, 5.74) is 25.4. The third kappa shape index (κ3) is 14.8. The predicted octanol–water partition coefficient (Wildman–Crippen LogP) is 13.2. The SMILES string of the molecule is CCCCCCc1cc(Cc2ccc(N)cc2)ccc1CCCCCCCCCCc1ccc(Cc2ccc(N)cc2)cc1CCCCCC. The molecule has 0 aliphatic rings. The maximum absolute atomic E-state index is 5.91. The fourth-order valence-corrected chi connectivity index (χ4v) is 7.45. The number of benzene rings is 4. The van der Waals surface area contributed by atoms with Gasteiger partial charge in [0.15, 0.2) is 0 Å². The molecule has 0 fully saturated rings. The quantitative estimate of drug-likeness (QED) is 0.0544. The van der Waals surface area contributed by atoms with Crippen molar-refractivity contribution >= 4 is 11.4 Å². The smallest absolute Gasteiger partial charge is 0.0314 e. The van der Waals surface area contributed by atoms with Crippen LogP contribution in [0.5, 0.6) is 0 Å². The van der Waals surface area contributed by atoms with Crippen LogP contribution >= 0.6 is 0 Å². The van der Waals surface area contributed by atoms with Crippen molar-refractivity contribution in [3.63, 3.8) is 0 Å². The molecule has 0 aliphatic heterocycles. The predicted molar refractivity (Wildman–Crippen MR) is 220 cm³/mol. The summed E-state index contributed by atoms with van der Waals surface area (Å²) >= 11 is 0. The van der Waals surface area contributed by atoms with Gasteiger partial charge in [0.2, 0.25) is 0 Å². The maximum atomic E-state index is 5.91. The molecule has 0 aliphatic carbocycles. The van der Waals surface area contributed by atoms with Crippen molar-refractivity contribution in [2.75, 3.05) is 11.5 Å².